The Hall–Kier alpha value is -4.22. The first kappa shape index (κ1) is 36.1. The van der Waals surface area contributed by atoms with Crippen LogP contribution in [0.4, 0.5) is 18.9 Å². The molecule has 254 valence electrons. The molecule has 5 rings (SSSR count). The summed E-state index contributed by atoms with van der Waals surface area (Å²) in [5.74, 6) is 0.628. The third-order valence-electron chi connectivity index (χ3n) is 7.77. The van der Waals surface area contributed by atoms with Gasteiger partial charge in [0.1, 0.15) is 17.6 Å². The molecule has 1 unspecified atom stereocenters. The number of hydrogen-bond acceptors (Lipinski definition) is 3. The number of imidazole rings is 1. The van der Waals surface area contributed by atoms with Crippen molar-refractivity contribution in [3.63, 3.8) is 0 Å². The molecule has 0 saturated carbocycles. The van der Waals surface area contributed by atoms with E-state index in [4.69, 9.17) is 28.2 Å². The fourth-order valence-corrected chi connectivity index (χ4v) is 6.70. The predicted molar refractivity (Wildman–Crippen MR) is 194 cm³/mol. The van der Waals surface area contributed by atoms with Gasteiger partial charge in [-0.15, -0.1) is 0 Å². The van der Waals surface area contributed by atoms with Gasteiger partial charge in [0.05, 0.1) is 22.0 Å². The van der Waals surface area contributed by atoms with Crippen molar-refractivity contribution in [2.24, 2.45) is 0 Å². The molecule has 49 heavy (non-hydrogen) atoms. The largest absolute Gasteiger partial charge is 0.416 e. The number of rotatable bonds is 11. The third-order valence-corrected chi connectivity index (χ3v) is 9.68. The second kappa shape index (κ2) is 15.1. The third kappa shape index (κ3) is 8.69. The minimum absolute atomic E-state index is 0.212. The molecule has 0 aliphatic heterocycles. The molecule has 0 spiro atoms. The van der Waals surface area contributed by atoms with Gasteiger partial charge < -0.3 is 9.36 Å². The van der Waals surface area contributed by atoms with E-state index in [2.05, 4.69) is 4.72 Å². The van der Waals surface area contributed by atoms with E-state index in [1.165, 1.54) is 16.5 Å². The van der Waals surface area contributed by atoms with Crippen LogP contribution in [-0.2, 0) is 22.5 Å². The fourth-order valence-electron chi connectivity index (χ4n) is 5.23. The van der Waals surface area contributed by atoms with Crippen LogP contribution in [0.25, 0.3) is 29.0 Å². The van der Waals surface area contributed by atoms with E-state index in [-0.39, 0.29) is 6.42 Å². The highest BCUT2D eigenvalue weighted by Crippen LogP contribution is 2.33. The molecule has 0 fully saturated rings. The number of benzene rings is 3. The number of carbonyl (C=O) groups excluding carboxylic acids is 1. The number of nitrogens with one attached hydrogen (secondary N) is 1. The number of anilines is 1. The molecule has 12 heteroatoms. The molecule has 1 heterocycles. The lowest BCUT2D eigenvalue weighted by molar-refractivity contribution is -0.111. The lowest BCUT2D eigenvalue weighted by atomic mass is 10.0. The lowest BCUT2D eigenvalue weighted by Gasteiger charge is -2.34. The molecule has 6 nitrogen and oxygen atoms in total. The maximum Gasteiger partial charge on any atom is 0.416 e. The number of hydrogen-bond donors (Lipinski definition) is 1. The summed E-state index contributed by atoms with van der Waals surface area (Å²) >= 11 is 11.0. The first-order chi connectivity index (χ1) is 23.3. The van der Waals surface area contributed by atoms with Crippen molar-refractivity contribution in [2.75, 3.05) is 11.4 Å². The topological polar surface area (TPSA) is 67.2 Å². The van der Waals surface area contributed by atoms with Crippen LogP contribution >= 0.6 is 23.2 Å². The van der Waals surface area contributed by atoms with E-state index in [0.717, 1.165) is 17.4 Å². The van der Waals surface area contributed by atoms with E-state index < -0.39 is 28.5 Å². The first-order valence-electron chi connectivity index (χ1n) is 15.2. The second-order valence-corrected chi connectivity index (χ2v) is 13.9. The van der Waals surface area contributed by atoms with E-state index in [1.807, 2.05) is 59.3 Å². The number of carbonyl (C=O) groups is 1. The molecule has 1 N–H and O–H groups in total. The predicted octanol–water partition coefficient (Wildman–Crippen LogP) is 9.49. The Kier molecular flexibility index (Phi) is 11.1. The summed E-state index contributed by atoms with van der Waals surface area (Å²) in [7, 11) is 1.56. The number of aromatic nitrogens is 2. The number of aldehydes is 1. The quantitative estimate of drug-likeness (QED) is 0.157. The highest BCUT2D eigenvalue weighted by atomic mass is 35.5. The summed E-state index contributed by atoms with van der Waals surface area (Å²) in [6.45, 7) is 3.81. The van der Waals surface area contributed by atoms with Crippen molar-refractivity contribution >= 4 is 64.1 Å². The summed E-state index contributed by atoms with van der Waals surface area (Å²) in [6.07, 6.45) is 7.93. The molecular formula is C37H33Cl2F3N4O2S. The van der Waals surface area contributed by atoms with Gasteiger partial charge in [-0.2, -0.15) is 13.2 Å². The Morgan fingerprint density at radius 2 is 1.73 bits per heavy atom. The number of halogens is 5. The van der Waals surface area contributed by atoms with Gasteiger partial charge in [-0.05, 0) is 92.1 Å². The van der Waals surface area contributed by atoms with Gasteiger partial charge in [-0.3, -0.25) is 4.31 Å². The summed E-state index contributed by atoms with van der Waals surface area (Å²) < 4.78 is 59.1. The van der Waals surface area contributed by atoms with Crippen molar-refractivity contribution in [1.29, 1.82) is 0 Å². The fraction of sp³-hybridized carbons (Fsp3) is 0.189. The lowest BCUT2D eigenvalue weighted by Crippen LogP contribution is -2.49. The van der Waals surface area contributed by atoms with E-state index in [0.29, 0.717) is 50.5 Å². The average molecular weight is 726 g/mol. The smallest absolute Gasteiger partial charge is 0.326 e. The van der Waals surface area contributed by atoms with Crippen LogP contribution in [0.5, 0.6) is 0 Å². The van der Waals surface area contributed by atoms with Crippen molar-refractivity contribution in [3.8, 4) is 11.3 Å². The van der Waals surface area contributed by atoms with Crippen LogP contribution in [-0.4, -0.2) is 38.8 Å². The summed E-state index contributed by atoms with van der Waals surface area (Å²) in [4.78, 5) is 16.7. The van der Waals surface area contributed by atoms with Gasteiger partial charge in [0, 0.05) is 23.3 Å². The minimum atomic E-state index is -4.42. The zero-order valence-corrected chi connectivity index (χ0v) is 29.2. The van der Waals surface area contributed by atoms with Crippen molar-refractivity contribution in [3.05, 3.63) is 135 Å². The highest BCUT2D eigenvalue weighted by molar-refractivity contribution is 7.84. The normalized spacial score (nSPS) is 14.4. The zero-order valence-electron chi connectivity index (χ0n) is 26.8. The Morgan fingerprint density at radius 1 is 1.02 bits per heavy atom. The molecule has 0 radical (unpaired) electrons. The van der Waals surface area contributed by atoms with Crippen LogP contribution < -0.4 is 9.03 Å². The number of nitrogens with zero attached hydrogens (tertiary/aromatic N) is 3. The standard InChI is InChI=1S/C37H33Cl2F3N4O2S/c1-36(2,24-47)46(49(48)43-3)31-16-10-26(11-17-31)22-45-23-34(32-18-15-30(38)21-33(32)39)44-35(45)19-12-25-8-13-27(14-9-25)28-6-4-5-7-29(20-28)37(40,41)42/h4,6-21,23-24,43H,5,22H2,1-3H3/b19-12+. The van der Waals surface area contributed by atoms with E-state index >= 15 is 0 Å². The van der Waals surface area contributed by atoms with Gasteiger partial charge in [0.15, 0.2) is 11.2 Å². The maximum absolute atomic E-state index is 13.4. The second-order valence-electron chi connectivity index (χ2n) is 11.8. The molecule has 0 saturated heterocycles. The molecule has 1 aliphatic rings. The van der Waals surface area contributed by atoms with Gasteiger partial charge in [0.25, 0.3) is 0 Å². The van der Waals surface area contributed by atoms with Crippen LogP contribution in [0.3, 0.4) is 0 Å². The Morgan fingerprint density at radius 3 is 2.37 bits per heavy atom. The van der Waals surface area contributed by atoms with Gasteiger partial charge in [-0.1, -0.05) is 83.9 Å². The van der Waals surface area contributed by atoms with Crippen molar-refractivity contribution in [2.45, 2.75) is 38.5 Å². The average Bonchev–Trinajstić information content (AvgIpc) is 3.27. The van der Waals surface area contributed by atoms with Crippen LogP contribution in [0.1, 0.15) is 42.8 Å². The van der Waals surface area contributed by atoms with E-state index in [9.17, 15) is 22.2 Å². The Labute approximate surface area is 296 Å². The van der Waals surface area contributed by atoms with Gasteiger partial charge in [0.2, 0.25) is 0 Å². The SMILES string of the molecule is CNS(=O)N(c1ccc(Cn2cc(-c3ccc(Cl)cc3Cl)nc2/C=C/c2ccc(C3=CC(C(F)(F)F)=CCC=C3)cc2)cc1)C(C)(C)C=O. The van der Waals surface area contributed by atoms with Crippen LogP contribution in [0.15, 0.2) is 103 Å². The summed E-state index contributed by atoms with van der Waals surface area (Å²) in [5.41, 5.74) is 3.17. The van der Waals surface area contributed by atoms with Gasteiger partial charge >= 0.3 is 6.18 Å². The molecule has 1 aromatic heterocycles. The molecule has 1 aliphatic carbocycles. The summed E-state index contributed by atoms with van der Waals surface area (Å²) in [6, 6.07) is 19.9. The molecule has 3 aromatic carbocycles. The van der Waals surface area contributed by atoms with Gasteiger partial charge in [-0.25, -0.2) is 13.9 Å². The first-order valence-corrected chi connectivity index (χ1v) is 17.1. The molecule has 4 aromatic rings. The highest BCUT2D eigenvalue weighted by Gasteiger charge is 2.32. The van der Waals surface area contributed by atoms with Crippen molar-refractivity contribution < 1.29 is 22.2 Å². The minimum Gasteiger partial charge on any atom is -0.326 e. The maximum atomic E-state index is 13.4. The molecule has 0 amide bonds. The van der Waals surface area contributed by atoms with E-state index in [1.54, 1.807) is 63.4 Å². The number of alkyl halides is 3. The number of allylic oxidation sites excluding steroid dienone is 6. The van der Waals surface area contributed by atoms with Crippen molar-refractivity contribution in [1.82, 2.24) is 14.3 Å². The van der Waals surface area contributed by atoms with Crippen LogP contribution in [0.2, 0.25) is 10.0 Å². The monoisotopic (exact) mass is 724 g/mol. The summed E-state index contributed by atoms with van der Waals surface area (Å²) in [5, 5.41) is 0.956. The van der Waals surface area contributed by atoms with Crippen LogP contribution in [0, 0.1) is 0 Å². The molecule has 0 bridgehead atoms. The molecular weight excluding hydrogens is 692 g/mol. The Balaban J connectivity index is 1.45. The molecule has 1 atom stereocenters. The zero-order chi connectivity index (χ0) is 35.3. The Bertz CT molecular complexity index is 1980.